The second-order valence-corrected chi connectivity index (χ2v) is 4.17. The number of alkyl halides is 3. The molecule has 1 rings (SSSR count). The van der Waals surface area contributed by atoms with Gasteiger partial charge in [-0.1, -0.05) is 0 Å². The molecule has 17 heavy (non-hydrogen) atoms. The predicted octanol–water partition coefficient (Wildman–Crippen LogP) is -0.138. The molecule has 1 aliphatic heterocycles. The Kier molecular flexibility index (Phi) is 5.02. The molecule has 0 spiro atoms. The van der Waals surface area contributed by atoms with Gasteiger partial charge in [0.25, 0.3) is 0 Å². The van der Waals surface area contributed by atoms with Gasteiger partial charge < -0.3 is 20.4 Å². The summed E-state index contributed by atoms with van der Waals surface area (Å²) in [6, 6.07) is -0.484. The number of aliphatic hydroxyl groups excluding tert-OH is 1. The van der Waals surface area contributed by atoms with E-state index < -0.39 is 24.2 Å². The Morgan fingerprint density at radius 1 is 1.53 bits per heavy atom. The van der Waals surface area contributed by atoms with Gasteiger partial charge in [0, 0.05) is 12.5 Å². The summed E-state index contributed by atoms with van der Waals surface area (Å²) in [5.41, 5.74) is 0. The van der Waals surface area contributed by atoms with Crippen molar-refractivity contribution < 1.29 is 23.0 Å². The molecule has 96 valence electrons. The third-order valence-electron chi connectivity index (χ3n) is 2.61. The molecule has 3 unspecified atom stereocenters. The smallest absolute Gasteiger partial charge is 0.414 e. The fourth-order valence-electron chi connectivity index (χ4n) is 1.66. The number of hydrogen-bond acceptors (Lipinski definition) is 3. The van der Waals surface area contributed by atoms with E-state index in [2.05, 4.69) is 10.5 Å². The molecular weight excluding hydrogens is 256 g/mol. The van der Waals surface area contributed by atoms with Crippen LogP contribution < -0.4 is 10.5 Å². The summed E-state index contributed by atoms with van der Waals surface area (Å²) in [7, 11) is 5.04. The zero-order chi connectivity index (χ0) is 13.1. The molecule has 0 saturated carbocycles. The highest BCUT2D eigenvalue weighted by Crippen LogP contribution is 2.32. The maximum absolute atomic E-state index is 12.4. The first-order valence-electron chi connectivity index (χ1n) is 4.94. The molecule has 1 heterocycles. The van der Waals surface area contributed by atoms with Gasteiger partial charge in [0.15, 0.2) is 11.2 Å². The van der Waals surface area contributed by atoms with Gasteiger partial charge in [-0.15, -0.1) is 0 Å². The van der Waals surface area contributed by atoms with Crippen LogP contribution >= 0.6 is 12.2 Å². The number of nitrogens with one attached hydrogen (secondary N) is 2. The van der Waals surface area contributed by atoms with Crippen LogP contribution in [0, 0.1) is 5.92 Å². The summed E-state index contributed by atoms with van der Waals surface area (Å²) >= 11 is 4.73. The Balaban J connectivity index is 2.59. The Hall–Kier alpha value is -0.535. The fraction of sp³-hybridized carbons (Fsp3) is 0.875. The zero-order valence-electron chi connectivity index (χ0n) is 8.83. The highest BCUT2D eigenvalue weighted by molar-refractivity contribution is 7.80. The first-order chi connectivity index (χ1) is 7.88. The van der Waals surface area contributed by atoms with Crippen molar-refractivity contribution >= 4 is 25.3 Å². The predicted molar refractivity (Wildman–Crippen MR) is 59.4 cm³/mol. The molecule has 0 bridgehead atoms. The maximum atomic E-state index is 12.4. The number of aliphatic hydroxyl groups is 1. The quantitative estimate of drug-likeness (QED) is 0.481. The minimum Gasteiger partial charge on any atom is -0.416 e. The normalized spacial score (nSPS) is 29.8. The molecule has 0 aromatic rings. The van der Waals surface area contributed by atoms with Gasteiger partial charge in [-0.2, -0.15) is 13.2 Å². The molecule has 3 N–H and O–H groups in total. The van der Waals surface area contributed by atoms with E-state index >= 15 is 0 Å². The van der Waals surface area contributed by atoms with E-state index in [1.54, 1.807) is 0 Å². The fourth-order valence-corrected chi connectivity index (χ4v) is 1.81. The Labute approximate surface area is 103 Å². The summed E-state index contributed by atoms with van der Waals surface area (Å²) in [4.78, 5) is 0. The van der Waals surface area contributed by atoms with E-state index in [0.29, 0.717) is 0 Å². The average molecular weight is 268 g/mol. The van der Waals surface area contributed by atoms with Gasteiger partial charge in [0.2, 0.25) is 7.98 Å². The Morgan fingerprint density at radius 3 is 2.65 bits per heavy atom. The van der Waals surface area contributed by atoms with Crippen LogP contribution in [0.1, 0.15) is 6.42 Å². The maximum Gasteiger partial charge on any atom is 0.414 e. The standard InChI is InChI=1S/C8H12BF3N2O2S/c9-14-7(17)13-5-3-16-6(8(10,11)12)1-4(5)2-15/h4-6,15H,1-3H2,(H2,13,14,17). The van der Waals surface area contributed by atoms with Crippen molar-refractivity contribution in [3.8, 4) is 0 Å². The van der Waals surface area contributed by atoms with Crippen molar-refractivity contribution in [2.75, 3.05) is 13.2 Å². The van der Waals surface area contributed by atoms with E-state index in [1.807, 2.05) is 0 Å². The zero-order valence-corrected chi connectivity index (χ0v) is 9.64. The first-order valence-corrected chi connectivity index (χ1v) is 5.35. The summed E-state index contributed by atoms with van der Waals surface area (Å²) in [5, 5.41) is 14.0. The minimum absolute atomic E-state index is 0.0995. The molecule has 0 aromatic heterocycles. The monoisotopic (exact) mass is 268 g/mol. The largest absolute Gasteiger partial charge is 0.416 e. The molecule has 0 aromatic carbocycles. The lowest BCUT2D eigenvalue weighted by Crippen LogP contribution is -2.54. The van der Waals surface area contributed by atoms with Crippen LogP contribution in [0.3, 0.4) is 0 Å². The van der Waals surface area contributed by atoms with E-state index in [0.717, 1.165) is 0 Å². The van der Waals surface area contributed by atoms with Crippen molar-refractivity contribution in [3.05, 3.63) is 0 Å². The first kappa shape index (κ1) is 14.5. The van der Waals surface area contributed by atoms with Crippen LogP contribution in [0.5, 0.6) is 0 Å². The molecule has 2 radical (unpaired) electrons. The van der Waals surface area contributed by atoms with E-state index in [4.69, 9.17) is 30.0 Å². The lowest BCUT2D eigenvalue weighted by Gasteiger charge is -2.36. The molecule has 9 heteroatoms. The van der Waals surface area contributed by atoms with Crippen molar-refractivity contribution in [3.63, 3.8) is 0 Å². The van der Waals surface area contributed by atoms with E-state index in [1.165, 1.54) is 0 Å². The van der Waals surface area contributed by atoms with Gasteiger partial charge in [-0.25, -0.2) is 0 Å². The summed E-state index contributed by atoms with van der Waals surface area (Å²) in [6.07, 6.45) is -6.55. The number of ether oxygens (including phenoxy) is 1. The lowest BCUT2D eigenvalue weighted by atomic mass is 9.91. The second-order valence-electron chi connectivity index (χ2n) is 3.77. The Bertz CT molecular complexity index is 280. The average Bonchev–Trinajstić information content (AvgIpc) is 2.27. The van der Waals surface area contributed by atoms with Crippen LogP contribution in [-0.2, 0) is 4.74 Å². The molecular formula is C8H12BF3N2O2S. The highest BCUT2D eigenvalue weighted by Gasteiger charge is 2.46. The molecule has 1 fully saturated rings. The van der Waals surface area contributed by atoms with Crippen molar-refractivity contribution in [2.45, 2.75) is 24.7 Å². The molecule has 0 aliphatic carbocycles. The topological polar surface area (TPSA) is 53.5 Å². The molecule has 1 saturated heterocycles. The van der Waals surface area contributed by atoms with Crippen molar-refractivity contribution in [1.82, 2.24) is 10.5 Å². The van der Waals surface area contributed by atoms with Gasteiger partial charge in [-0.05, 0) is 18.6 Å². The third-order valence-corrected chi connectivity index (χ3v) is 2.85. The molecule has 4 nitrogen and oxygen atoms in total. The third kappa shape index (κ3) is 4.00. The summed E-state index contributed by atoms with van der Waals surface area (Å²) < 4.78 is 42.0. The van der Waals surface area contributed by atoms with Crippen LogP contribution in [0.2, 0.25) is 0 Å². The highest BCUT2D eigenvalue weighted by atomic mass is 32.1. The van der Waals surface area contributed by atoms with Crippen molar-refractivity contribution in [1.29, 1.82) is 0 Å². The van der Waals surface area contributed by atoms with Gasteiger partial charge in [0.05, 0.1) is 12.6 Å². The summed E-state index contributed by atoms with van der Waals surface area (Å²) in [5.74, 6) is -0.582. The van der Waals surface area contributed by atoms with Crippen LogP contribution in [0.15, 0.2) is 0 Å². The SMILES string of the molecule is [B]NC(=S)NC1COC(C(F)(F)F)CC1CO. The summed E-state index contributed by atoms with van der Waals surface area (Å²) in [6.45, 7) is -0.558. The number of hydrogen-bond donors (Lipinski definition) is 3. The molecule has 3 atom stereocenters. The number of thiocarbonyl (C=S) groups is 1. The van der Waals surface area contributed by atoms with Crippen LogP contribution in [0.25, 0.3) is 0 Å². The van der Waals surface area contributed by atoms with Gasteiger partial charge >= 0.3 is 6.18 Å². The minimum atomic E-state index is -4.41. The van der Waals surface area contributed by atoms with Crippen molar-refractivity contribution in [2.24, 2.45) is 5.92 Å². The van der Waals surface area contributed by atoms with E-state index in [-0.39, 0.29) is 24.7 Å². The molecule has 1 aliphatic rings. The lowest BCUT2D eigenvalue weighted by molar-refractivity contribution is -0.239. The second kappa shape index (κ2) is 5.88. The Morgan fingerprint density at radius 2 is 2.18 bits per heavy atom. The van der Waals surface area contributed by atoms with Gasteiger partial charge in [-0.3, -0.25) is 0 Å². The number of rotatable bonds is 2. The van der Waals surface area contributed by atoms with Gasteiger partial charge in [0.1, 0.15) is 0 Å². The number of halogens is 3. The van der Waals surface area contributed by atoms with E-state index in [9.17, 15) is 13.2 Å². The molecule has 0 amide bonds. The van der Waals surface area contributed by atoms with Crippen LogP contribution in [-0.4, -0.2) is 49.7 Å². The van der Waals surface area contributed by atoms with Crippen LogP contribution in [0.4, 0.5) is 13.2 Å².